The minimum atomic E-state index is -1.49. The number of carboxylic acids is 1. The Hall–Kier alpha value is -2.84. The number of rotatable bonds is 6. The maximum atomic E-state index is 14.1. The minimum absolute atomic E-state index is 0.0194. The van der Waals surface area contributed by atoms with E-state index in [0.29, 0.717) is 11.3 Å². The Bertz CT molecular complexity index is 1100. The molecule has 2 aromatic carbocycles. The molecule has 8 heteroatoms. The van der Waals surface area contributed by atoms with Crippen molar-refractivity contribution >= 4 is 33.8 Å². The van der Waals surface area contributed by atoms with Gasteiger partial charge in [0.05, 0.1) is 23.1 Å². The molecule has 0 fully saturated rings. The Kier molecular flexibility index (Phi) is 5.71. The van der Waals surface area contributed by atoms with Gasteiger partial charge in [-0.25, -0.2) is 9.18 Å². The smallest absolute Gasteiger partial charge is 0.337 e. The predicted octanol–water partition coefficient (Wildman–Crippen LogP) is 3.93. The standard InChI is InChI=1S/C20H18FNO5S/c1-3-28(26)18-10-17(23)15-9-12(21)8-14(19(15)27-18)11(2)22-16-7-5-4-6-13(16)20(24)25/h4-11,22H,3H2,1-2H3,(H,24,25). The highest BCUT2D eigenvalue weighted by molar-refractivity contribution is 7.91. The molecular formula is C20H18FNO5S. The van der Waals surface area contributed by atoms with Crippen LogP contribution >= 0.6 is 0 Å². The highest BCUT2D eigenvalue weighted by Gasteiger charge is 2.21. The lowest BCUT2D eigenvalue weighted by Crippen LogP contribution is -2.14. The number of benzene rings is 2. The Balaban J connectivity index is 2.13. The van der Waals surface area contributed by atoms with Gasteiger partial charge in [-0.1, -0.05) is 12.1 Å². The van der Waals surface area contributed by atoms with Gasteiger partial charge in [0.2, 0.25) is 0 Å². The lowest BCUT2D eigenvalue weighted by molar-refractivity contribution is 0.0698. The van der Waals surface area contributed by atoms with Crippen molar-refractivity contribution in [2.45, 2.75) is 25.0 Å². The van der Waals surface area contributed by atoms with Gasteiger partial charge in [0, 0.05) is 22.4 Å². The molecule has 0 radical (unpaired) electrons. The summed E-state index contributed by atoms with van der Waals surface area (Å²) >= 11 is -1.49. The zero-order valence-electron chi connectivity index (χ0n) is 15.2. The van der Waals surface area contributed by atoms with Crippen LogP contribution in [-0.2, 0) is 11.2 Å². The molecule has 2 atom stereocenters. The second-order valence-corrected chi connectivity index (χ2v) is 7.82. The van der Waals surface area contributed by atoms with Crippen molar-refractivity contribution in [1.82, 2.24) is 0 Å². The maximum absolute atomic E-state index is 14.1. The van der Waals surface area contributed by atoms with Crippen LogP contribution in [0.5, 0.6) is 0 Å². The summed E-state index contributed by atoms with van der Waals surface area (Å²) in [4.78, 5) is 23.8. The van der Waals surface area contributed by atoms with Crippen LogP contribution in [0.25, 0.3) is 11.0 Å². The van der Waals surface area contributed by atoms with Crippen molar-refractivity contribution in [3.05, 3.63) is 69.6 Å². The number of hydrogen-bond acceptors (Lipinski definition) is 5. The zero-order valence-corrected chi connectivity index (χ0v) is 16.0. The first kappa shape index (κ1) is 19.9. The minimum Gasteiger partial charge on any atom is -0.609 e. The number of fused-ring (bicyclic) bond motifs is 1. The van der Waals surface area contributed by atoms with Crippen LogP contribution in [0.15, 0.2) is 56.8 Å². The lowest BCUT2D eigenvalue weighted by Gasteiger charge is -2.19. The van der Waals surface area contributed by atoms with Crippen LogP contribution in [0.4, 0.5) is 10.1 Å². The fourth-order valence-corrected chi connectivity index (χ4v) is 3.61. The van der Waals surface area contributed by atoms with Gasteiger partial charge in [-0.15, -0.1) is 0 Å². The van der Waals surface area contributed by atoms with Crippen molar-refractivity contribution in [2.24, 2.45) is 0 Å². The molecule has 0 bridgehead atoms. The third-order valence-electron chi connectivity index (χ3n) is 4.28. The van der Waals surface area contributed by atoms with E-state index in [9.17, 15) is 23.6 Å². The molecule has 0 aliphatic carbocycles. The number of aromatic carboxylic acids is 1. The predicted molar refractivity (Wildman–Crippen MR) is 105 cm³/mol. The van der Waals surface area contributed by atoms with Crippen molar-refractivity contribution in [3.8, 4) is 0 Å². The molecule has 0 aliphatic heterocycles. The second kappa shape index (κ2) is 8.04. The average molecular weight is 403 g/mol. The van der Waals surface area contributed by atoms with Crippen LogP contribution in [0.2, 0.25) is 0 Å². The van der Waals surface area contributed by atoms with E-state index in [-0.39, 0.29) is 27.4 Å². The Morgan fingerprint density at radius 1 is 1.32 bits per heavy atom. The van der Waals surface area contributed by atoms with Gasteiger partial charge in [0.15, 0.2) is 5.43 Å². The molecule has 2 unspecified atom stereocenters. The van der Waals surface area contributed by atoms with Crippen LogP contribution in [-0.4, -0.2) is 21.4 Å². The lowest BCUT2D eigenvalue weighted by atomic mass is 10.0. The molecule has 3 aromatic rings. The Morgan fingerprint density at radius 2 is 2.04 bits per heavy atom. The average Bonchev–Trinajstić information content (AvgIpc) is 2.67. The second-order valence-electron chi connectivity index (χ2n) is 6.15. The highest BCUT2D eigenvalue weighted by atomic mass is 32.2. The normalized spacial score (nSPS) is 13.3. The van der Waals surface area contributed by atoms with Crippen LogP contribution in [0.3, 0.4) is 0 Å². The summed E-state index contributed by atoms with van der Waals surface area (Å²) in [7, 11) is 0. The summed E-state index contributed by atoms with van der Waals surface area (Å²) in [6, 6.07) is 9.12. The van der Waals surface area contributed by atoms with E-state index >= 15 is 0 Å². The topological polar surface area (TPSA) is 103 Å². The molecule has 0 saturated carbocycles. The molecule has 1 heterocycles. The molecule has 3 rings (SSSR count). The molecule has 0 saturated heterocycles. The molecule has 6 nitrogen and oxygen atoms in total. The fourth-order valence-electron chi connectivity index (χ4n) is 2.91. The molecule has 0 amide bonds. The summed E-state index contributed by atoms with van der Waals surface area (Å²) in [5.74, 6) is -1.46. The van der Waals surface area contributed by atoms with Crippen molar-refractivity contribution in [2.75, 3.05) is 11.1 Å². The fraction of sp³-hybridized carbons (Fsp3) is 0.200. The third-order valence-corrected chi connectivity index (χ3v) is 5.46. The Labute approximate surface area is 163 Å². The van der Waals surface area contributed by atoms with Crippen molar-refractivity contribution in [1.29, 1.82) is 0 Å². The molecule has 0 aliphatic rings. The first-order valence-electron chi connectivity index (χ1n) is 8.56. The monoisotopic (exact) mass is 403 g/mol. The summed E-state index contributed by atoms with van der Waals surface area (Å²) in [5, 5.41) is 12.4. The van der Waals surface area contributed by atoms with Crippen molar-refractivity contribution < 1.29 is 23.3 Å². The van der Waals surface area contributed by atoms with E-state index < -0.39 is 34.4 Å². The van der Waals surface area contributed by atoms with E-state index in [1.165, 1.54) is 12.1 Å². The summed E-state index contributed by atoms with van der Waals surface area (Å²) < 4.78 is 31.9. The summed E-state index contributed by atoms with van der Waals surface area (Å²) in [6.45, 7) is 3.38. The first-order valence-corrected chi connectivity index (χ1v) is 9.88. The number of para-hydroxylation sites is 1. The molecule has 0 spiro atoms. The molecule has 1 aromatic heterocycles. The first-order chi connectivity index (χ1) is 13.3. The largest absolute Gasteiger partial charge is 0.609 e. The van der Waals surface area contributed by atoms with Gasteiger partial charge >= 0.3 is 11.1 Å². The van der Waals surface area contributed by atoms with Gasteiger partial charge in [-0.2, -0.15) is 0 Å². The van der Waals surface area contributed by atoms with E-state index in [1.807, 2.05) is 0 Å². The Morgan fingerprint density at radius 3 is 2.71 bits per heavy atom. The molecule has 28 heavy (non-hydrogen) atoms. The van der Waals surface area contributed by atoms with Gasteiger partial charge in [0.25, 0.3) is 0 Å². The number of hydrogen-bond donors (Lipinski definition) is 2. The third kappa shape index (κ3) is 3.88. The van der Waals surface area contributed by atoms with Gasteiger partial charge in [-0.3, -0.25) is 4.79 Å². The zero-order chi connectivity index (χ0) is 20.4. The number of nitrogens with one attached hydrogen (secondary N) is 1. The quantitative estimate of drug-likeness (QED) is 0.605. The highest BCUT2D eigenvalue weighted by Crippen LogP contribution is 2.29. The number of carboxylic acid groups (broad SMARTS) is 1. The SMILES string of the molecule is CC[S+]([O-])c1cc(=O)c2cc(F)cc(C(C)Nc3ccccc3C(=O)O)c2o1. The van der Waals surface area contributed by atoms with E-state index in [0.717, 1.165) is 12.1 Å². The van der Waals surface area contributed by atoms with Crippen LogP contribution in [0, 0.1) is 5.82 Å². The van der Waals surface area contributed by atoms with Crippen LogP contribution < -0.4 is 10.7 Å². The van der Waals surface area contributed by atoms with Crippen LogP contribution in [0.1, 0.15) is 35.8 Å². The molecule has 146 valence electrons. The maximum Gasteiger partial charge on any atom is 0.337 e. The number of halogens is 1. The van der Waals surface area contributed by atoms with E-state index in [4.69, 9.17) is 4.42 Å². The van der Waals surface area contributed by atoms with Gasteiger partial charge in [-0.05, 0) is 38.1 Å². The van der Waals surface area contributed by atoms with E-state index in [2.05, 4.69) is 5.32 Å². The van der Waals surface area contributed by atoms with Gasteiger partial charge in [0.1, 0.15) is 17.2 Å². The summed E-state index contributed by atoms with van der Waals surface area (Å²) in [6.07, 6.45) is 0. The number of anilines is 1. The van der Waals surface area contributed by atoms with Crippen molar-refractivity contribution in [3.63, 3.8) is 0 Å². The van der Waals surface area contributed by atoms with E-state index in [1.54, 1.807) is 32.0 Å². The molecule has 2 N–H and O–H groups in total. The molecular weight excluding hydrogens is 385 g/mol. The number of carbonyl (C=O) groups is 1. The van der Waals surface area contributed by atoms with Gasteiger partial charge < -0.3 is 19.4 Å². The summed E-state index contributed by atoms with van der Waals surface area (Å²) in [5.41, 5.74) is 0.359.